The largest absolute Gasteiger partial charge is 0.477 e. The molecule has 1 saturated heterocycles. The van der Waals surface area contributed by atoms with E-state index >= 15 is 4.39 Å². The van der Waals surface area contributed by atoms with Crippen molar-refractivity contribution < 1.29 is 23.4 Å². The SMILES string of the molecule is C[C@@H]1CN(c2nc3c(cc2F)c(=O)c(C(=O)O)cn3C2CC2)CC(=C(F)CN)CO1. The van der Waals surface area contributed by atoms with Gasteiger partial charge in [0.15, 0.2) is 11.6 Å². The summed E-state index contributed by atoms with van der Waals surface area (Å²) in [6.07, 6.45) is 2.58. The van der Waals surface area contributed by atoms with Crippen LogP contribution in [-0.4, -0.2) is 53.0 Å². The summed E-state index contributed by atoms with van der Waals surface area (Å²) in [6, 6.07) is 1.03. The molecule has 0 radical (unpaired) electrons. The van der Waals surface area contributed by atoms with Crippen LogP contribution in [0.4, 0.5) is 14.6 Å². The molecule has 1 aliphatic heterocycles. The second kappa shape index (κ2) is 7.77. The summed E-state index contributed by atoms with van der Waals surface area (Å²) in [6.45, 7) is 1.86. The predicted octanol–water partition coefficient (Wildman–Crippen LogP) is 1.98. The highest BCUT2D eigenvalue weighted by Gasteiger charge is 2.30. The molecule has 0 spiro atoms. The standard InChI is InChI=1S/C20H22F2N4O4/c1-10-6-25(7-11(9-30-10)16(22)5-23)19-15(21)4-13-17(27)14(20(28)29)8-26(12-2-3-12)18(13)24-19/h4,8,10,12H,2-3,5-7,9,23H2,1H3,(H,28,29)/t10-/m1/s1. The van der Waals surface area contributed by atoms with Crippen molar-refractivity contribution in [2.45, 2.75) is 31.9 Å². The van der Waals surface area contributed by atoms with Crippen LogP contribution in [0.15, 0.2) is 28.5 Å². The van der Waals surface area contributed by atoms with Crippen LogP contribution in [0.2, 0.25) is 0 Å². The van der Waals surface area contributed by atoms with E-state index in [-0.39, 0.29) is 55.2 Å². The number of carboxylic acid groups (broad SMARTS) is 1. The van der Waals surface area contributed by atoms with Crippen LogP contribution in [0, 0.1) is 5.82 Å². The smallest absolute Gasteiger partial charge is 0.341 e. The Balaban J connectivity index is 1.88. The molecule has 0 unspecified atom stereocenters. The Morgan fingerprint density at radius 3 is 2.80 bits per heavy atom. The highest BCUT2D eigenvalue weighted by molar-refractivity contribution is 5.92. The topological polar surface area (TPSA) is 111 Å². The van der Waals surface area contributed by atoms with Gasteiger partial charge >= 0.3 is 5.97 Å². The summed E-state index contributed by atoms with van der Waals surface area (Å²) < 4.78 is 36.4. The normalized spacial score (nSPS) is 21.6. The second-order valence-corrected chi connectivity index (χ2v) is 7.70. The van der Waals surface area contributed by atoms with E-state index in [4.69, 9.17) is 10.5 Å². The zero-order valence-electron chi connectivity index (χ0n) is 16.4. The number of hydrogen-bond acceptors (Lipinski definition) is 6. The van der Waals surface area contributed by atoms with Gasteiger partial charge in [0.1, 0.15) is 17.0 Å². The van der Waals surface area contributed by atoms with Gasteiger partial charge in [0.05, 0.1) is 18.1 Å². The number of fused-ring (bicyclic) bond motifs is 1. The summed E-state index contributed by atoms with van der Waals surface area (Å²) in [7, 11) is 0. The van der Waals surface area contributed by atoms with E-state index in [1.165, 1.54) is 6.20 Å². The van der Waals surface area contributed by atoms with Crippen molar-refractivity contribution in [3.05, 3.63) is 45.3 Å². The Bertz CT molecular complexity index is 1110. The number of nitrogens with zero attached hydrogens (tertiary/aromatic N) is 3. The molecule has 4 rings (SSSR count). The Hall–Kier alpha value is -2.85. The fourth-order valence-corrected chi connectivity index (χ4v) is 3.66. The lowest BCUT2D eigenvalue weighted by Gasteiger charge is -2.25. The first-order valence-electron chi connectivity index (χ1n) is 9.71. The average molecular weight is 420 g/mol. The van der Waals surface area contributed by atoms with Crippen molar-refractivity contribution in [1.29, 1.82) is 0 Å². The van der Waals surface area contributed by atoms with E-state index in [2.05, 4.69) is 4.98 Å². The van der Waals surface area contributed by atoms with Crippen molar-refractivity contribution in [1.82, 2.24) is 9.55 Å². The molecule has 1 saturated carbocycles. The zero-order chi connectivity index (χ0) is 21.6. The van der Waals surface area contributed by atoms with Gasteiger partial charge < -0.3 is 25.0 Å². The van der Waals surface area contributed by atoms with Gasteiger partial charge in [-0.05, 0) is 25.8 Å². The summed E-state index contributed by atoms with van der Waals surface area (Å²) in [5, 5.41) is 9.25. The summed E-state index contributed by atoms with van der Waals surface area (Å²) in [5.41, 5.74) is 4.73. The monoisotopic (exact) mass is 420 g/mol. The molecule has 2 fully saturated rings. The molecule has 2 aromatic rings. The Morgan fingerprint density at radius 1 is 1.43 bits per heavy atom. The molecule has 8 nitrogen and oxygen atoms in total. The summed E-state index contributed by atoms with van der Waals surface area (Å²) in [5.74, 6) is -2.72. The van der Waals surface area contributed by atoms with Crippen LogP contribution in [0.1, 0.15) is 36.2 Å². The maximum atomic E-state index is 15.1. The van der Waals surface area contributed by atoms with Crippen LogP contribution < -0.4 is 16.1 Å². The molecular weight excluding hydrogens is 398 g/mol. The molecule has 0 bridgehead atoms. The minimum atomic E-state index is -1.37. The number of aromatic nitrogens is 2. The Labute approximate surface area is 170 Å². The highest BCUT2D eigenvalue weighted by Crippen LogP contribution is 2.37. The Kier molecular flexibility index (Phi) is 5.29. The van der Waals surface area contributed by atoms with Gasteiger partial charge in [-0.25, -0.2) is 18.6 Å². The van der Waals surface area contributed by atoms with E-state index < -0.39 is 28.6 Å². The maximum absolute atomic E-state index is 15.1. The molecule has 30 heavy (non-hydrogen) atoms. The highest BCUT2D eigenvalue weighted by atomic mass is 19.1. The first-order valence-corrected chi connectivity index (χ1v) is 9.71. The van der Waals surface area contributed by atoms with Crippen molar-refractivity contribution in [2.24, 2.45) is 5.73 Å². The molecular formula is C20H22F2N4O4. The van der Waals surface area contributed by atoms with Gasteiger partial charge in [-0.15, -0.1) is 0 Å². The third kappa shape index (κ3) is 3.68. The second-order valence-electron chi connectivity index (χ2n) is 7.70. The van der Waals surface area contributed by atoms with Crippen molar-refractivity contribution in [3.63, 3.8) is 0 Å². The first kappa shape index (κ1) is 20.4. The van der Waals surface area contributed by atoms with E-state index in [0.717, 1.165) is 18.9 Å². The van der Waals surface area contributed by atoms with Gasteiger partial charge in [-0.3, -0.25) is 4.79 Å². The first-order chi connectivity index (χ1) is 14.3. The molecule has 160 valence electrons. The van der Waals surface area contributed by atoms with Crippen LogP contribution >= 0.6 is 0 Å². The molecule has 2 aromatic heterocycles. The van der Waals surface area contributed by atoms with Crippen molar-refractivity contribution >= 4 is 22.8 Å². The summed E-state index contributed by atoms with van der Waals surface area (Å²) >= 11 is 0. The number of halogens is 2. The summed E-state index contributed by atoms with van der Waals surface area (Å²) in [4.78, 5) is 30.0. The third-order valence-corrected chi connectivity index (χ3v) is 5.37. The third-order valence-electron chi connectivity index (χ3n) is 5.37. The number of hydrogen-bond donors (Lipinski definition) is 2. The van der Waals surface area contributed by atoms with E-state index in [9.17, 15) is 19.1 Å². The number of carboxylic acids is 1. The number of rotatable bonds is 4. The van der Waals surface area contributed by atoms with Gasteiger partial charge in [0.2, 0.25) is 5.43 Å². The molecule has 10 heteroatoms. The van der Waals surface area contributed by atoms with E-state index in [1.54, 1.807) is 16.4 Å². The number of anilines is 1. The predicted molar refractivity (Wildman–Crippen MR) is 106 cm³/mol. The van der Waals surface area contributed by atoms with Gasteiger partial charge in [-0.2, -0.15) is 0 Å². The van der Waals surface area contributed by atoms with E-state index in [0.29, 0.717) is 5.57 Å². The number of carbonyl (C=O) groups is 1. The average Bonchev–Trinajstić information content (AvgIpc) is 3.55. The van der Waals surface area contributed by atoms with Gasteiger partial charge in [0, 0.05) is 37.4 Å². The van der Waals surface area contributed by atoms with Crippen LogP contribution in [-0.2, 0) is 4.74 Å². The van der Waals surface area contributed by atoms with Crippen molar-refractivity contribution in [3.8, 4) is 0 Å². The Morgan fingerprint density at radius 2 is 2.17 bits per heavy atom. The minimum absolute atomic E-state index is 0.00791. The lowest BCUT2D eigenvalue weighted by Crippen LogP contribution is -2.32. The maximum Gasteiger partial charge on any atom is 0.341 e. The molecule has 0 amide bonds. The number of aromatic carboxylic acids is 1. The minimum Gasteiger partial charge on any atom is -0.477 e. The van der Waals surface area contributed by atoms with Gasteiger partial charge in [-0.1, -0.05) is 0 Å². The zero-order valence-corrected chi connectivity index (χ0v) is 16.4. The van der Waals surface area contributed by atoms with Gasteiger partial charge in [0.25, 0.3) is 0 Å². The number of pyridine rings is 2. The molecule has 3 heterocycles. The molecule has 0 aromatic carbocycles. The number of nitrogens with two attached hydrogens (primary N) is 1. The van der Waals surface area contributed by atoms with Crippen LogP contribution in [0.25, 0.3) is 11.0 Å². The van der Waals surface area contributed by atoms with E-state index in [1.807, 2.05) is 0 Å². The lowest BCUT2D eigenvalue weighted by atomic mass is 10.1. The van der Waals surface area contributed by atoms with Crippen LogP contribution in [0.5, 0.6) is 0 Å². The van der Waals surface area contributed by atoms with Crippen LogP contribution in [0.3, 0.4) is 0 Å². The fraction of sp³-hybridized carbons (Fsp3) is 0.450. The number of ether oxygens (including phenoxy) is 1. The van der Waals surface area contributed by atoms with Crippen molar-refractivity contribution in [2.75, 3.05) is 31.1 Å². The molecule has 1 aliphatic carbocycles. The quantitative estimate of drug-likeness (QED) is 0.778. The lowest BCUT2D eigenvalue weighted by molar-refractivity contribution is 0.0694. The fourth-order valence-electron chi connectivity index (χ4n) is 3.66. The molecule has 2 aliphatic rings. The molecule has 1 atom stereocenters. The molecule has 3 N–H and O–H groups in total.